The molecule has 2 aromatic rings. The summed E-state index contributed by atoms with van der Waals surface area (Å²) in [5.74, 6) is 0.495. The van der Waals surface area contributed by atoms with E-state index in [1.54, 1.807) is 6.08 Å². The highest BCUT2D eigenvalue weighted by molar-refractivity contribution is 8.18. The third-order valence-electron chi connectivity index (χ3n) is 5.20. The van der Waals surface area contributed by atoms with Gasteiger partial charge in [-0.25, -0.2) is 0 Å². The molecule has 2 aromatic carbocycles. The molecule has 0 spiro atoms. The van der Waals surface area contributed by atoms with Crippen molar-refractivity contribution in [1.29, 1.82) is 0 Å². The molecule has 2 fully saturated rings. The van der Waals surface area contributed by atoms with Crippen LogP contribution in [0.3, 0.4) is 0 Å². The van der Waals surface area contributed by atoms with Gasteiger partial charge in [0.05, 0.1) is 11.5 Å². The fraction of sp³-hybridized carbons (Fsp3) is 0.273. The third-order valence-corrected chi connectivity index (χ3v) is 6.01. The maximum atomic E-state index is 11.6. The van der Waals surface area contributed by atoms with Crippen LogP contribution in [0.25, 0.3) is 6.08 Å². The molecular formula is C22H21NO3S. The summed E-state index contributed by atoms with van der Waals surface area (Å²) in [5, 5.41) is 1.94. The molecule has 5 heteroatoms. The van der Waals surface area contributed by atoms with E-state index in [9.17, 15) is 9.59 Å². The van der Waals surface area contributed by atoms with Crippen LogP contribution in [0.5, 0.6) is 5.75 Å². The Balaban J connectivity index is 1.38. The van der Waals surface area contributed by atoms with Crippen LogP contribution in [0.1, 0.15) is 30.4 Å². The highest BCUT2D eigenvalue weighted by atomic mass is 32.2. The molecular weight excluding hydrogens is 358 g/mol. The van der Waals surface area contributed by atoms with Gasteiger partial charge in [0.25, 0.3) is 11.1 Å². The molecule has 1 aliphatic heterocycles. The van der Waals surface area contributed by atoms with Gasteiger partial charge in [-0.3, -0.25) is 14.9 Å². The summed E-state index contributed by atoms with van der Waals surface area (Å²) in [6, 6.07) is 18.2. The number of hydrogen-bond donors (Lipinski definition) is 1. The Kier molecular flexibility index (Phi) is 5.03. The van der Waals surface area contributed by atoms with Crippen molar-refractivity contribution in [2.75, 3.05) is 6.61 Å². The first-order valence-electron chi connectivity index (χ1n) is 9.14. The summed E-state index contributed by atoms with van der Waals surface area (Å²) in [6.45, 7) is 0.717. The van der Waals surface area contributed by atoms with Crippen LogP contribution in [0.15, 0.2) is 59.5 Å². The van der Waals surface area contributed by atoms with Gasteiger partial charge in [-0.1, -0.05) is 48.9 Å². The second-order valence-electron chi connectivity index (χ2n) is 7.23. The zero-order valence-corrected chi connectivity index (χ0v) is 15.8. The van der Waals surface area contributed by atoms with Gasteiger partial charge in [0.15, 0.2) is 0 Å². The SMILES string of the molecule is O=C1NC(=O)C(=Cc2ccc(OCC3(Cc4ccccc4)CCC3)cc2)S1. The maximum Gasteiger partial charge on any atom is 0.290 e. The third kappa shape index (κ3) is 4.25. The topological polar surface area (TPSA) is 55.4 Å². The number of carbonyl (C=O) groups excluding carboxylic acids is 2. The maximum absolute atomic E-state index is 11.6. The van der Waals surface area contributed by atoms with Crippen LogP contribution in [0.4, 0.5) is 4.79 Å². The molecule has 2 amide bonds. The van der Waals surface area contributed by atoms with Gasteiger partial charge in [0, 0.05) is 5.41 Å². The molecule has 0 atom stereocenters. The molecule has 27 heavy (non-hydrogen) atoms. The number of benzene rings is 2. The van der Waals surface area contributed by atoms with E-state index in [2.05, 4.69) is 29.6 Å². The quantitative estimate of drug-likeness (QED) is 0.733. The van der Waals surface area contributed by atoms with Crippen LogP contribution < -0.4 is 10.1 Å². The van der Waals surface area contributed by atoms with Crippen LogP contribution in [-0.2, 0) is 11.2 Å². The van der Waals surface area contributed by atoms with Gasteiger partial charge < -0.3 is 4.74 Å². The van der Waals surface area contributed by atoms with Crippen molar-refractivity contribution in [3.8, 4) is 5.75 Å². The lowest BCUT2D eigenvalue weighted by atomic mass is 9.66. The smallest absolute Gasteiger partial charge is 0.290 e. The Morgan fingerprint density at radius 1 is 1.04 bits per heavy atom. The minimum atomic E-state index is -0.335. The Morgan fingerprint density at radius 2 is 1.78 bits per heavy atom. The van der Waals surface area contributed by atoms with E-state index < -0.39 is 0 Å². The van der Waals surface area contributed by atoms with Crippen LogP contribution >= 0.6 is 11.8 Å². The second kappa shape index (κ2) is 7.61. The van der Waals surface area contributed by atoms with Gasteiger partial charge >= 0.3 is 0 Å². The lowest BCUT2D eigenvalue weighted by molar-refractivity contribution is -0.115. The fourth-order valence-corrected chi connectivity index (χ4v) is 4.23. The lowest BCUT2D eigenvalue weighted by Crippen LogP contribution is -2.37. The Labute approximate surface area is 163 Å². The molecule has 0 radical (unpaired) electrons. The summed E-state index contributed by atoms with van der Waals surface area (Å²) >= 11 is 0.928. The normalized spacial score (nSPS) is 19.6. The largest absolute Gasteiger partial charge is 0.493 e. The van der Waals surface area contributed by atoms with E-state index in [0.717, 1.165) is 36.1 Å². The van der Waals surface area contributed by atoms with Gasteiger partial charge in [-0.2, -0.15) is 0 Å². The van der Waals surface area contributed by atoms with Crippen LogP contribution in [-0.4, -0.2) is 17.8 Å². The molecule has 1 saturated carbocycles. The van der Waals surface area contributed by atoms with Crippen molar-refractivity contribution in [3.05, 3.63) is 70.6 Å². The number of imide groups is 1. The minimum absolute atomic E-state index is 0.237. The zero-order chi connectivity index (χ0) is 18.7. The Morgan fingerprint density at radius 3 is 2.37 bits per heavy atom. The van der Waals surface area contributed by atoms with E-state index in [1.807, 2.05) is 30.3 Å². The molecule has 4 rings (SSSR count). The lowest BCUT2D eigenvalue weighted by Gasteiger charge is -2.41. The summed E-state index contributed by atoms with van der Waals surface area (Å²) in [4.78, 5) is 23.3. The number of rotatable bonds is 6. The molecule has 0 bridgehead atoms. The van der Waals surface area contributed by atoms with Gasteiger partial charge in [0.1, 0.15) is 5.75 Å². The average Bonchev–Trinajstić information content (AvgIpc) is 2.96. The predicted molar refractivity (Wildman–Crippen MR) is 107 cm³/mol. The number of hydrogen-bond acceptors (Lipinski definition) is 4. The van der Waals surface area contributed by atoms with E-state index in [0.29, 0.717) is 4.91 Å². The first-order chi connectivity index (χ1) is 13.1. The molecule has 0 aromatic heterocycles. The van der Waals surface area contributed by atoms with Crippen molar-refractivity contribution < 1.29 is 14.3 Å². The number of nitrogens with one attached hydrogen (secondary N) is 1. The van der Waals surface area contributed by atoms with Crippen molar-refractivity contribution in [3.63, 3.8) is 0 Å². The van der Waals surface area contributed by atoms with Gasteiger partial charge in [0.2, 0.25) is 0 Å². The summed E-state index contributed by atoms with van der Waals surface area (Å²) in [6.07, 6.45) is 6.44. The van der Waals surface area contributed by atoms with Crippen LogP contribution in [0, 0.1) is 5.41 Å². The fourth-order valence-electron chi connectivity index (χ4n) is 3.55. The predicted octanol–water partition coefficient (Wildman–Crippen LogP) is 4.80. The van der Waals surface area contributed by atoms with Gasteiger partial charge in [-0.15, -0.1) is 0 Å². The van der Waals surface area contributed by atoms with Crippen molar-refractivity contribution in [2.45, 2.75) is 25.7 Å². The van der Waals surface area contributed by atoms with E-state index in [-0.39, 0.29) is 16.6 Å². The van der Waals surface area contributed by atoms with Crippen molar-refractivity contribution in [2.24, 2.45) is 5.41 Å². The number of amides is 2. The standard InChI is InChI=1S/C22H21NO3S/c24-20-19(27-21(25)23-20)13-16-7-9-18(10-8-16)26-15-22(11-4-12-22)14-17-5-2-1-3-6-17/h1-3,5-10,13H,4,11-12,14-15H2,(H,23,24,25). The van der Waals surface area contributed by atoms with Crippen LogP contribution in [0.2, 0.25) is 0 Å². The zero-order valence-electron chi connectivity index (χ0n) is 14.9. The first-order valence-corrected chi connectivity index (χ1v) is 9.95. The highest BCUT2D eigenvalue weighted by Crippen LogP contribution is 2.44. The molecule has 0 unspecified atom stereocenters. The molecule has 138 valence electrons. The van der Waals surface area contributed by atoms with Gasteiger partial charge in [-0.05, 0) is 60.4 Å². The van der Waals surface area contributed by atoms with E-state index in [1.165, 1.54) is 24.8 Å². The number of carbonyl (C=O) groups is 2. The molecule has 2 aliphatic rings. The summed E-state index contributed by atoms with van der Waals surface area (Å²) < 4.78 is 6.09. The molecule has 1 heterocycles. The average molecular weight is 379 g/mol. The molecule has 1 N–H and O–H groups in total. The molecule has 1 aliphatic carbocycles. The minimum Gasteiger partial charge on any atom is -0.493 e. The first kappa shape index (κ1) is 17.9. The number of ether oxygens (including phenoxy) is 1. The number of thioether (sulfide) groups is 1. The summed E-state index contributed by atoms with van der Waals surface area (Å²) in [7, 11) is 0. The van der Waals surface area contributed by atoms with Crippen molar-refractivity contribution >= 4 is 29.0 Å². The summed E-state index contributed by atoms with van der Waals surface area (Å²) in [5.41, 5.74) is 2.48. The second-order valence-corrected chi connectivity index (χ2v) is 8.24. The van der Waals surface area contributed by atoms with Crippen molar-refractivity contribution in [1.82, 2.24) is 5.32 Å². The highest BCUT2D eigenvalue weighted by Gasteiger charge is 2.37. The Hall–Kier alpha value is -2.53. The molecule has 4 nitrogen and oxygen atoms in total. The van der Waals surface area contributed by atoms with E-state index >= 15 is 0 Å². The van der Waals surface area contributed by atoms with E-state index in [4.69, 9.17) is 4.74 Å². The monoisotopic (exact) mass is 379 g/mol. The molecule has 1 saturated heterocycles. The Bertz CT molecular complexity index is 870.